The highest BCUT2D eigenvalue weighted by Crippen LogP contribution is 2.36. The van der Waals surface area contributed by atoms with Crippen molar-refractivity contribution in [2.75, 3.05) is 6.26 Å². The summed E-state index contributed by atoms with van der Waals surface area (Å²) in [5, 5.41) is 9.80. The van der Waals surface area contributed by atoms with Gasteiger partial charge >= 0.3 is 0 Å². The van der Waals surface area contributed by atoms with Crippen LogP contribution in [-0.2, 0) is 0 Å². The van der Waals surface area contributed by atoms with E-state index in [1.54, 1.807) is 18.7 Å². The molecule has 2 rings (SSSR count). The van der Waals surface area contributed by atoms with Crippen LogP contribution in [0.3, 0.4) is 0 Å². The lowest BCUT2D eigenvalue weighted by molar-refractivity contribution is 0.195. The molecule has 2 aromatic carbocycles. The maximum Gasteiger partial charge on any atom is 0.140 e. The van der Waals surface area contributed by atoms with Crippen molar-refractivity contribution in [3.05, 3.63) is 52.5 Å². The number of hydrogen-bond donors (Lipinski definition) is 1. The first kappa shape index (κ1) is 14.4. The zero-order valence-corrected chi connectivity index (χ0v) is 13.2. The highest BCUT2D eigenvalue weighted by Gasteiger charge is 2.12. The third-order valence-corrected chi connectivity index (χ3v) is 3.99. The van der Waals surface area contributed by atoms with Crippen LogP contribution in [0.2, 0.25) is 0 Å². The number of rotatable bonds is 4. The molecule has 1 unspecified atom stereocenters. The predicted octanol–water partition coefficient (Wildman–Crippen LogP) is 5.02. The number of para-hydroxylation sites is 1. The molecule has 0 amide bonds. The van der Waals surface area contributed by atoms with Crippen molar-refractivity contribution < 1.29 is 9.84 Å². The van der Waals surface area contributed by atoms with E-state index in [1.807, 2.05) is 48.7 Å². The molecule has 0 aliphatic heterocycles. The Morgan fingerprint density at radius 1 is 1.16 bits per heavy atom. The van der Waals surface area contributed by atoms with E-state index in [0.717, 1.165) is 20.7 Å². The van der Waals surface area contributed by atoms with Crippen molar-refractivity contribution in [2.24, 2.45) is 0 Å². The van der Waals surface area contributed by atoms with E-state index in [4.69, 9.17) is 4.74 Å². The second kappa shape index (κ2) is 6.46. The fraction of sp³-hybridized carbons (Fsp3) is 0.200. The molecule has 0 saturated carbocycles. The minimum atomic E-state index is -0.565. The van der Waals surface area contributed by atoms with Gasteiger partial charge in [0, 0.05) is 14.9 Å². The van der Waals surface area contributed by atoms with Gasteiger partial charge in [-0.1, -0.05) is 34.1 Å². The standard InChI is InChI=1S/C15H15BrO2S/c1-10(17)12-8-7-11(16)9-14(12)18-13-5-3-4-6-15(13)19-2/h3-10,17H,1-2H3. The molecule has 2 nitrogen and oxygen atoms in total. The third-order valence-electron chi connectivity index (χ3n) is 2.71. The van der Waals surface area contributed by atoms with Gasteiger partial charge in [0.2, 0.25) is 0 Å². The summed E-state index contributed by atoms with van der Waals surface area (Å²) in [6.45, 7) is 1.73. The van der Waals surface area contributed by atoms with E-state index >= 15 is 0 Å². The zero-order valence-electron chi connectivity index (χ0n) is 10.8. The molecule has 0 radical (unpaired) electrons. The van der Waals surface area contributed by atoms with E-state index in [1.165, 1.54) is 0 Å². The fourth-order valence-electron chi connectivity index (χ4n) is 1.76. The van der Waals surface area contributed by atoms with Gasteiger partial charge in [-0.2, -0.15) is 0 Å². The minimum Gasteiger partial charge on any atom is -0.456 e. The quantitative estimate of drug-likeness (QED) is 0.794. The molecule has 1 N–H and O–H groups in total. The van der Waals surface area contributed by atoms with Crippen LogP contribution in [0.25, 0.3) is 0 Å². The van der Waals surface area contributed by atoms with E-state index in [9.17, 15) is 5.11 Å². The third kappa shape index (κ3) is 3.53. The van der Waals surface area contributed by atoms with E-state index in [0.29, 0.717) is 5.75 Å². The first-order chi connectivity index (χ1) is 9.11. The molecular weight excluding hydrogens is 324 g/mol. The Balaban J connectivity index is 2.39. The Morgan fingerprint density at radius 3 is 2.58 bits per heavy atom. The number of hydrogen-bond acceptors (Lipinski definition) is 3. The second-order valence-electron chi connectivity index (χ2n) is 4.11. The maximum atomic E-state index is 9.80. The van der Waals surface area contributed by atoms with Gasteiger partial charge in [-0.15, -0.1) is 11.8 Å². The minimum absolute atomic E-state index is 0.565. The molecule has 0 bridgehead atoms. The van der Waals surface area contributed by atoms with E-state index in [2.05, 4.69) is 15.9 Å². The Morgan fingerprint density at radius 2 is 1.89 bits per heavy atom. The molecule has 0 saturated heterocycles. The summed E-state index contributed by atoms with van der Waals surface area (Å²) in [5.74, 6) is 1.47. The van der Waals surface area contributed by atoms with Crippen molar-refractivity contribution in [2.45, 2.75) is 17.9 Å². The lowest BCUT2D eigenvalue weighted by atomic mass is 10.1. The van der Waals surface area contributed by atoms with Crippen LogP contribution in [0.15, 0.2) is 51.8 Å². The lowest BCUT2D eigenvalue weighted by Crippen LogP contribution is -1.96. The van der Waals surface area contributed by atoms with Crippen LogP contribution >= 0.6 is 27.7 Å². The Labute approximate surface area is 125 Å². The highest BCUT2D eigenvalue weighted by atomic mass is 79.9. The molecule has 0 aromatic heterocycles. The predicted molar refractivity (Wildman–Crippen MR) is 83.1 cm³/mol. The molecule has 0 fully saturated rings. The molecule has 4 heteroatoms. The summed E-state index contributed by atoms with van der Waals surface area (Å²) >= 11 is 5.06. The van der Waals surface area contributed by atoms with Gasteiger partial charge in [-0.3, -0.25) is 0 Å². The molecule has 0 aliphatic rings. The number of benzene rings is 2. The van der Waals surface area contributed by atoms with Crippen LogP contribution in [0.1, 0.15) is 18.6 Å². The molecule has 19 heavy (non-hydrogen) atoms. The normalized spacial score (nSPS) is 12.2. The average Bonchev–Trinajstić information content (AvgIpc) is 2.39. The van der Waals surface area contributed by atoms with Crippen LogP contribution < -0.4 is 4.74 Å². The summed E-state index contributed by atoms with van der Waals surface area (Å²) in [6, 6.07) is 13.5. The van der Waals surface area contributed by atoms with Gasteiger partial charge in [-0.25, -0.2) is 0 Å². The molecule has 1 atom stereocenters. The molecule has 0 heterocycles. The summed E-state index contributed by atoms with van der Waals surface area (Å²) < 4.78 is 6.89. The monoisotopic (exact) mass is 338 g/mol. The Kier molecular flexibility index (Phi) is 4.91. The van der Waals surface area contributed by atoms with Crippen LogP contribution in [-0.4, -0.2) is 11.4 Å². The SMILES string of the molecule is CSc1ccccc1Oc1cc(Br)ccc1C(C)O. The average molecular weight is 339 g/mol. The number of aliphatic hydroxyl groups is 1. The lowest BCUT2D eigenvalue weighted by Gasteiger charge is -2.15. The smallest absolute Gasteiger partial charge is 0.140 e. The van der Waals surface area contributed by atoms with Gasteiger partial charge in [0.25, 0.3) is 0 Å². The highest BCUT2D eigenvalue weighted by molar-refractivity contribution is 9.10. The number of thioether (sulfide) groups is 1. The van der Waals surface area contributed by atoms with E-state index in [-0.39, 0.29) is 0 Å². The molecular formula is C15H15BrO2S. The number of ether oxygens (including phenoxy) is 1. The summed E-state index contributed by atoms with van der Waals surface area (Å²) in [6.07, 6.45) is 1.45. The van der Waals surface area contributed by atoms with Crippen molar-refractivity contribution in [1.29, 1.82) is 0 Å². The van der Waals surface area contributed by atoms with Gasteiger partial charge in [0.1, 0.15) is 11.5 Å². The topological polar surface area (TPSA) is 29.5 Å². The van der Waals surface area contributed by atoms with Crippen LogP contribution in [0.4, 0.5) is 0 Å². The number of aliphatic hydroxyl groups excluding tert-OH is 1. The first-order valence-electron chi connectivity index (χ1n) is 5.90. The van der Waals surface area contributed by atoms with Gasteiger partial charge in [0.05, 0.1) is 6.10 Å². The van der Waals surface area contributed by atoms with Crippen molar-refractivity contribution in [3.63, 3.8) is 0 Å². The van der Waals surface area contributed by atoms with Gasteiger partial charge in [-0.05, 0) is 37.4 Å². The van der Waals surface area contributed by atoms with Crippen molar-refractivity contribution in [1.82, 2.24) is 0 Å². The Hall–Kier alpha value is -0.970. The van der Waals surface area contributed by atoms with Gasteiger partial charge in [0.15, 0.2) is 0 Å². The largest absolute Gasteiger partial charge is 0.456 e. The molecule has 100 valence electrons. The Bertz CT molecular complexity index is 570. The number of halogens is 1. The van der Waals surface area contributed by atoms with E-state index < -0.39 is 6.10 Å². The van der Waals surface area contributed by atoms with Gasteiger partial charge < -0.3 is 9.84 Å². The molecule has 0 aliphatic carbocycles. The van der Waals surface area contributed by atoms with Crippen molar-refractivity contribution in [3.8, 4) is 11.5 Å². The first-order valence-corrected chi connectivity index (χ1v) is 7.92. The van der Waals surface area contributed by atoms with Crippen LogP contribution in [0, 0.1) is 0 Å². The summed E-state index contributed by atoms with van der Waals surface area (Å²) in [5.41, 5.74) is 0.777. The summed E-state index contributed by atoms with van der Waals surface area (Å²) in [4.78, 5) is 1.07. The van der Waals surface area contributed by atoms with Crippen LogP contribution in [0.5, 0.6) is 11.5 Å². The zero-order chi connectivity index (χ0) is 13.8. The second-order valence-corrected chi connectivity index (χ2v) is 5.87. The molecule has 2 aromatic rings. The fourth-order valence-corrected chi connectivity index (χ4v) is 2.63. The summed E-state index contributed by atoms with van der Waals surface area (Å²) in [7, 11) is 0. The molecule has 0 spiro atoms. The van der Waals surface area contributed by atoms with Crippen molar-refractivity contribution >= 4 is 27.7 Å². The maximum absolute atomic E-state index is 9.80.